The lowest BCUT2D eigenvalue weighted by Crippen LogP contribution is -2.23. The number of fused-ring (bicyclic) bond motifs is 1. The molecule has 1 aliphatic rings. The standard InChI is InChI=1S/C13H17NO3/c1-9(2)5-13(15)14-7-10-3-4-11-12(6-10)17-8-16-11/h3-4,6,9H,5,7-8H2,1-2H3,(H,14,15). The molecule has 1 aromatic rings. The molecule has 0 spiro atoms. The topological polar surface area (TPSA) is 47.6 Å². The first-order valence-corrected chi connectivity index (χ1v) is 5.80. The summed E-state index contributed by atoms with van der Waals surface area (Å²) in [5.74, 6) is 1.98. The van der Waals surface area contributed by atoms with Crippen LogP contribution in [-0.2, 0) is 11.3 Å². The molecule has 92 valence electrons. The van der Waals surface area contributed by atoms with E-state index in [1.54, 1.807) is 0 Å². The first-order valence-electron chi connectivity index (χ1n) is 5.80. The molecule has 0 atom stereocenters. The number of ether oxygens (including phenoxy) is 2. The highest BCUT2D eigenvalue weighted by Gasteiger charge is 2.13. The second-order valence-corrected chi connectivity index (χ2v) is 4.56. The number of rotatable bonds is 4. The first kappa shape index (κ1) is 11.8. The summed E-state index contributed by atoms with van der Waals surface area (Å²) in [6.07, 6.45) is 0.560. The van der Waals surface area contributed by atoms with Crippen LogP contribution in [-0.4, -0.2) is 12.7 Å². The van der Waals surface area contributed by atoms with Crippen LogP contribution in [0, 0.1) is 5.92 Å². The molecule has 4 nitrogen and oxygen atoms in total. The van der Waals surface area contributed by atoms with Crippen molar-refractivity contribution in [2.75, 3.05) is 6.79 Å². The molecule has 0 bridgehead atoms. The van der Waals surface area contributed by atoms with Crippen molar-refractivity contribution in [3.63, 3.8) is 0 Å². The highest BCUT2D eigenvalue weighted by Crippen LogP contribution is 2.32. The van der Waals surface area contributed by atoms with Gasteiger partial charge in [0.2, 0.25) is 12.7 Å². The van der Waals surface area contributed by atoms with E-state index in [1.165, 1.54) is 0 Å². The van der Waals surface area contributed by atoms with Gasteiger partial charge in [-0.1, -0.05) is 19.9 Å². The SMILES string of the molecule is CC(C)CC(=O)NCc1ccc2c(c1)OCO2. The van der Waals surface area contributed by atoms with Gasteiger partial charge >= 0.3 is 0 Å². The maximum Gasteiger partial charge on any atom is 0.231 e. The second kappa shape index (κ2) is 5.08. The molecule has 0 radical (unpaired) electrons. The van der Waals surface area contributed by atoms with Crippen molar-refractivity contribution < 1.29 is 14.3 Å². The quantitative estimate of drug-likeness (QED) is 0.869. The lowest BCUT2D eigenvalue weighted by Gasteiger charge is -2.07. The third-order valence-electron chi connectivity index (χ3n) is 2.52. The van der Waals surface area contributed by atoms with Gasteiger partial charge in [0, 0.05) is 13.0 Å². The highest BCUT2D eigenvalue weighted by atomic mass is 16.7. The van der Waals surface area contributed by atoms with Crippen molar-refractivity contribution in [3.8, 4) is 11.5 Å². The Morgan fingerprint density at radius 2 is 2.12 bits per heavy atom. The van der Waals surface area contributed by atoms with Gasteiger partial charge in [-0.25, -0.2) is 0 Å². The molecule has 0 saturated carbocycles. The molecule has 1 aromatic carbocycles. The summed E-state index contributed by atoms with van der Waals surface area (Å²) in [7, 11) is 0. The minimum atomic E-state index is 0.0812. The van der Waals surface area contributed by atoms with Gasteiger partial charge in [0.15, 0.2) is 11.5 Å². The third kappa shape index (κ3) is 3.12. The predicted molar refractivity (Wildman–Crippen MR) is 63.9 cm³/mol. The number of hydrogen-bond acceptors (Lipinski definition) is 3. The Labute approximate surface area is 101 Å². The Morgan fingerprint density at radius 3 is 2.88 bits per heavy atom. The van der Waals surface area contributed by atoms with Gasteiger partial charge in [-0.05, 0) is 23.6 Å². The molecule has 0 saturated heterocycles. The molecular formula is C13H17NO3. The van der Waals surface area contributed by atoms with Gasteiger partial charge in [0.05, 0.1) is 0 Å². The van der Waals surface area contributed by atoms with E-state index in [1.807, 2.05) is 32.0 Å². The summed E-state index contributed by atoms with van der Waals surface area (Å²) in [5.41, 5.74) is 1.02. The molecule has 0 aromatic heterocycles. The van der Waals surface area contributed by atoms with E-state index >= 15 is 0 Å². The number of nitrogens with one attached hydrogen (secondary N) is 1. The maximum atomic E-state index is 11.5. The molecule has 1 heterocycles. The Kier molecular flexibility index (Phi) is 3.52. The smallest absolute Gasteiger partial charge is 0.231 e. The monoisotopic (exact) mass is 235 g/mol. The molecule has 4 heteroatoms. The van der Waals surface area contributed by atoms with Crippen LogP contribution in [0.15, 0.2) is 18.2 Å². The zero-order valence-corrected chi connectivity index (χ0v) is 10.2. The minimum absolute atomic E-state index is 0.0812. The Balaban J connectivity index is 1.89. The van der Waals surface area contributed by atoms with E-state index in [9.17, 15) is 4.79 Å². The van der Waals surface area contributed by atoms with Crippen LogP contribution in [0.4, 0.5) is 0 Å². The Bertz CT molecular complexity index is 415. The Morgan fingerprint density at radius 1 is 1.35 bits per heavy atom. The van der Waals surface area contributed by atoms with Crippen LogP contribution in [0.2, 0.25) is 0 Å². The molecule has 17 heavy (non-hydrogen) atoms. The fourth-order valence-electron chi connectivity index (χ4n) is 1.69. The van der Waals surface area contributed by atoms with Gasteiger partial charge in [-0.2, -0.15) is 0 Å². The average molecular weight is 235 g/mol. The summed E-state index contributed by atoms with van der Waals surface area (Å²) in [4.78, 5) is 11.5. The predicted octanol–water partition coefficient (Wildman–Crippen LogP) is 2.08. The summed E-state index contributed by atoms with van der Waals surface area (Å²) in [5, 5.41) is 2.89. The van der Waals surface area contributed by atoms with Crippen LogP contribution in [0.1, 0.15) is 25.8 Å². The number of amides is 1. The zero-order valence-electron chi connectivity index (χ0n) is 10.2. The van der Waals surface area contributed by atoms with Crippen molar-refractivity contribution in [1.82, 2.24) is 5.32 Å². The van der Waals surface area contributed by atoms with Crippen LogP contribution in [0.3, 0.4) is 0 Å². The fourth-order valence-corrected chi connectivity index (χ4v) is 1.69. The molecule has 1 N–H and O–H groups in total. The molecular weight excluding hydrogens is 218 g/mol. The zero-order chi connectivity index (χ0) is 12.3. The van der Waals surface area contributed by atoms with Gasteiger partial charge in [0.1, 0.15) is 0 Å². The lowest BCUT2D eigenvalue weighted by atomic mass is 10.1. The lowest BCUT2D eigenvalue weighted by molar-refractivity contribution is -0.121. The molecule has 0 unspecified atom stereocenters. The van der Waals surface area contributed by atoms with Crippen molar-refractivity contribution in [3.05, 3.63) is 23.8 Å². The van der Waals surface area contributed by atoms with Crippen LogP contribution >= 0.6 is 0 Å². The van der Waals surface area contributed by atoms with E-state index < -0.39 is 0 Å². The third-order valence-corrected chi connectivity index (χ3v) is 2.52. The summed E-state index contributed by atoms with van der Waals surface area (Å²) >= 11 is 0. The molecule has 2 rings (SSSR count). The first-order chi connectivity index (χ1) is 8.15. The van der Waals surface area contributed by atoms with Crippen molar-refractivity contribution in [1.29, 1.82) is 0 Å². The maximum absolute atomic E-state index is 11.5. The average Bonchev–Trinajstić information content (AvgIpc) is 2.72. The van der Waals surface area contributed by atoms with Gasteiger partial charge in [0.25, 0.3) is 0 Å². The summed E-state index contributed by atoms with van der Waals surface area (Å²) in [6, 6.07) is 5.70. The van der Waals surface area contributed by atoms with Crippen molar-refractivity contribution >= 4 is 5.91 Å². The van der Waals surface area contributed by atoms with Crippen molar-refractivity contribution in [2.24, 2.45) is 5.92 Å². The number of benzene rings is 1. The fraction of sp³-hybridized carbons (Fsp3) is 0.462. The van der Waals surface area contributed by atoms with Crippen LogP contribution < -0.4 is 14.8 Å². The number of carbonyl (C=O) groups excluding carboxylic acids is 1. The second-order valence-electron chi connectivity index (χ2n) is 4.56. The molecule has 0 aliphatic carbocycles. The van der Waals surface area contributed by atoms with E-state index in [2.05, 4.69) is 5.32 Å². The van der Waals surface area contributed by atoms with Gasteiger partial charge in [-0.15, -0.1) is 0 Å². The molecule has 0 fully saturated rings. The van der Waals surface area contributed by atoms with E-state index in [-0.39, 0.29) is 12.7 Å². The number of hydrogen-bond donors (Lipinski definition) is 1. The normalized spacial score (nSPS) is 12.9. The molecule has 1 amide bonds. The molecule has 1 aliphatic heterocycles. The highest BCUT2D eigenvalue weighted by molar-refractivity contribution is 5.76. The summed E-state index contributed by atoms with van der Waals surface area (Å²) < 4.78 is 10.5. The largest absolute Gasteiger partial charge is 0.454 e. The van der Waals surface area contributed by atoms with Crippen LogP contribution in [0.25, 0.3) is 0 Å². The van der Waals surface area contributed by atoms with Crippen molar-refractivity contribution in [2.45, 2.75) is 26.8 Å². The van der Waals surface area contributed by atoms with E-state index in [0.29, 0.717) is 18.9 Å². The van der Waals surface area contributed by atoms with E-state index in [4.69, 9.17) is 9.47 Å². The minimum Gasteiger partial charge on any atom is -0.454 e. The van der Waals surface area contributed by atoms with Gasteiger partial charge in [-0.3, -0.25) is 4.79 Å². The summed E-state index contributed by atoms with van der Waals surface area (Å²) in [6.45, 7) is 4.86. The van der Waals surface area contributed by atoms with E-state index in [0.717, 1.165) is 17.1 Å². The number of carbonyl (C=O) groups is 1. The van der Waals surface area contributed by atoms with Crippen LogP contribution in [0.5, 0.6) is 11.5 Å². The Hall–Kier alpha value is -1.71. The van der Waals surface area contributed by atoms with Gasteiger partial charge < -0.3 is 14.8 Å².